The highest BCUT2D eigenvalue weighted by molar-refractivity contribution is 7.12. The number of rotatable bonds is 5. The van der Waals surface area contributed by atoms with Crippen molar-refractivity contribution >= 4 is 46.0 Å². The molecule has 0 bridgehead atoms. The predicted octanol–water partition coefficient (Wildman–Crippen LogP) is 4.59. The molecule has 0 atom stereocenters. The first-order chi connectivity index (χ1) is 11.3. The lowest BCUT2D eigenvalue weighted by Gasteiger charge is -2.05. The molecule has 0 aliphatic heterocycles. The molecule has 23 heavy (non-hydrogen) atoms. The van der Waals surface area contributed by atoms with E-state index in [1.807, 2.05) is 47.2 Å². The molecule has 3 heterocycles. The van der Waals surface area contributed by atoms with Gasteiger partial charge in [-0.2, -0.15) is 5.10 Å². The number of hydrogen-bond donors (Lipinski definition) is 2. The van der Waals surface area contributed by atoms with Gasteiger partial charge >= 0.3 is 0 Å². The molecule has 2 N–H and O–H groups in total. The molecule has 1 fully saturated rings. The molecule has 0 unspecified atom stereocenters. The molecule has 116 valence electrons. The molecular weight excluding hydrogens is 326 g/mol. The van der Waals surface area contributed by atoms with E-state index in [9.17, 15) is 4.79 Å². The molecule has 1 amide bonds. The van der Waals surface area contributed by atoms with E-state index in [1.54, 1.807) is 22.7 Å². The van der Waals surface area contributed by atoms with Crippen molar-refractivity contribution in [2.24, 2.45) is 0 Å². The second-order valence-corrected chi connectivity index (χ2v) is 7.41. The standard InChI is InChI=1S/C17H15N3OS2/c21-17(18-16-10-14(19-20-16)11-5-6-11)13(15-4-2-8-23-15)9-12-3-1-7-22-12/h1-4,7-11H,5-6H2,(H2,18,19,20,21). The average Bonchev–Trinajstić information content (AvgIpc) is 3.02. The van der Waals surface area contributed by atoms with Gasteiger partial charge in [0.15, 0.2) is 5.82 Å². The highest BCUT2D eigenvalue weighted by Crippen LogP contribution is 2.39. The molecule has 0 saturated heterocycles. The topological polar surface area (TPSA) is 57.8 Å². The summed E-state index contributed by atoms with van der Waals surface area (Å²) in [6.07, 6.45) is 4.34. The van der Waals surface area contributed by atoms with Crippen LogP contribution in [-0.2, 0) is 4.79 Å². The van der Waals surface area contributed by atoms with Gasteiger partial charge in [-0.05, 0) is 41.8 Å². The monoisotopic (exact) mass is 341 g/mol. The van der Waals surface area contributed by atoms with Gasteiger partial charge in [-0.25, -0.2) is 0 Å². The van der Waals surface area contributed by atoms with Gasteiger partial charge in [-0.3, -0.25) is 9.89 Å². The first-order valence-electron chi connectivity index (χ1n) is 7.45. The normalized spacial score (nSPS) is 14.9. The van der Waals surface area contributed by atoms with Crippen LogP contribution in [0.25, 0.3) is 11.6 Å². The number of aromatic amines is 1. The van der Waals surface area contributed by atoms with Gasteiger partial charge in [0.05, 0.1) is 5.57 Å². The molecule has 1 aliphatic carbocycles. The molecule has 6 heteroatoms. The Kier molecular flexibility index (Phi) is 3.85. The number of nitrogens with one attached hydrogen (secondary N) is 2. The van der Waals surface area contributed by atoms with Crippen molar-refractivity contribution in [3.8, 4) is 0 Å². The predicted molar refractivity (Wildman–Crippen MR) is 95.7 cm³/mol. The van der Waals surface area contributed by atoms with E-state index in [4.69, 9.17) is 0 Å². The second-order valence-electron chi connectivity index (χ2n) is 5.49. The van der Waals surface area contributed by atoms with Crippen LogP contribution in [0.15, 0.2) is 41.1 Å². The number of carbonyl (C=O) groups excluding carboxylic acids is 1. The Morgan fingerprint density at radius 2 is 2.09 bits per heavy atom. The third-order valence-electron chi connectivity index (χ3n) is 3.72. The minimum atomic E-state index is -0.130. The van der Waals surface area contributed by atoms with Crippen molar-refractivity contribution in [1.82, 2.24) is 10.2 Å². The van der Waals surface area contributed by atoms with Gasteiger partial charge < -0.3 is 5.32 Å². The van der Waals surface area contributed by atoms with E-state index >= 15 is 0 Å². The molecule has 0 spiro atoms. The smallest absolute Gasteiger partial charge is 0.258 e. The number of carbonyl (C=O) groups is 1. The van der Waals surface area contributed by atoms with Crippen molar-refractivity contribution < 1.29 is 4.79 Å². The van der Waals surface area contributed by atoms with Gasteiger partial charge in [0, 0.05) is 27.4 Å². The third kappa shape index (κ3) is 3.28. The molecule has 3 aromatic heterocycles. The Morgan fingerprint density at radius 1 is 1.26 bits per heavy atom. The van der Waals surface area contributed by atoms with Crippen molar-refractivity contribution in [3.05, 3.63) is 56.5 Å². The van der Waals surface area contributed by atoms with E-state index in [-0.39, 0.29) is 5.91 Å². The summed E-state index contributed by atoms with van der Waals surface area (Å²) in [5.74, 6) is 1.05. The number of aromatic nitrogens is 2. The highest BCUT2D eigenvalue weighted by atomic mass is 32.1. The number of H-pyrrole nitrogens is 1. The van der Waals surface area contributed by atoms with Crippen LogP contribution >= 0.6 is 22.7 Å². The first-order valence-corrected chi connectivity index (χ1v) is 9.21. The zero-order chi connectivity index (χ0) is 15.6. The summed E-state index contributed by atoms with van der Waals surface area (Å²) in [6, 6.07) is 9.84. The van der Waals surface area contributed by atoms with E-state index in [0.717, 1.165) is 15.4 Å². The van der Waals surface area contributed by atoms with Crippen molar-refractivity contribution in [3.63, 3.8) is 0 Å². The Morgan fingerprint density at radius 3 is 2.78 bits per heavy atom. The molecule has 0 radical (unpaired) electrons. The average molecular weight is 341 g/mol. The Hall–Kier alpha value is -2.18. The quantitative estimate of drug-likeness (QED) is 0.667. The van der Waals surface area contributed by atoms with Crippen LogP contribution in [0.5, 0.6) is 0 Å². The summed E-state index contributed by atoms with van der Waals surface area (Å²) < 4.78 is 0. The summed E-state index contributed by atoms with van der Waals surface area (Å²) >= 11 is 3.17. The maximum absolute atomic E-state index is 12.7. The van der Waals surface area contributed by atoms with Crippen LogP contribution in [0, 0.1) is 0 Å². The lowest BCUT2D eigenvalue weighted by atomic mass is 10.1. The largest absolute Gasteiger partial charge is 0.305 e. The molecular formula is C17H15N3OS2. The van der Waals surface area contributed by atoms with E-state index in [2.05, 4.69) is 15.5 Å². The minimum absolute atomic E-state index is 0.130. The molecule has 4 rings (SSSR count). The summed E-state index contributed by atoms with van der Waals surface area (Å²) in [7, 11) is 0. The number of anilines is 1. The SMILES string of the molecule is O=C(Nc1cc(C2CC2)[nH]n1)C(=Cc1cccs1)c1cccs1. The highest BCUT2D eigenvalue weighted by Gasteiger charge is 2.26. The second kappa shape index (κ2) is 6.14. The number of nitrogens with zero attached hydrogens (tertiary/aromatic N) is 1. The Labute approximate surface area is 141 Å². The fourth-order valence-electron chi connectivity index (χ4n) is 2.38. The van der Waals surface area contributed by atoms with Crippen LogP contribution in [0.2, 0.25) is 0 Å². The van der Waals surface area contributed by atoms with E-state index in [1.165, 1.54) is 12.8 Å². The fourth-order valence-corrected chi connectivity index (χ4v) is 3.78. The Balaban J connectivity index is 1.59. The van der Waals surface area contributed by atoms with E-state index < -0.39 is 0 Å². The molecule has 4 nitrogen and oxygen atoms in total. The number of amides is 1. The van der Waals surface area contributed by atoms with Crippen LogP contribution in [0.4, 0.5) is 5.82 Å². The third-order valence-corrected chi connectivity index (χ3v) is 5.44. The van der Waals surface area contributed by atoms with Crippen LogP contribution in [0.3, 0.4) is 0 Å². The molecule has 3 aromatic rings. The summed E-state index contributed by atoms with van der Waals surface area (Å²) in [4.78, 5) is 14.7. The summed E-state index contributed by atoms with van der Waals surface area (Å²) in [5.41, 5.74) is 1.78. The number of hydrogen-bond acceptors (Lipinski definition) is 4. The van der Waals surface area contributed by atoms with Crippen molar-refractivity contribution in [1.29, 1.82) is 0 Å². The van der Waals surface area contributed by atoms with Gasteiger partial charge in [0.2, 0.25) is 0 Å². The van der Waals surface area contributed by atoms with E-state index in [0.29, 0.717) is 17.3 Å². The van der Waals surface area contributed by atoms with Gasteiger partial charge in [-0.15, -0.1) is 22.7 Å². The zero-order valence-corrected chi connectivity index (χ0v) is 13.9. The summed E-state index contributed by atoms with van der Waals surface area (Å²) in [5, 5.41) is 14.1. The lowest BCUT2D eigenvalue weighted by molar-refractivity contribution is -0.111. The zero-order valence-electron chi connectivity index (χ0n) is 12.3. The lowest BCUT2D eigenvalue weighted by Crippen LogP contribution is -2.13. The molecule has 1 aliphatic rings. The molecule has 0 aromatic carbocycles. The Bertz CT molecular complexity index is 827. The maximum Gasteiger partial charge on any atom is 0.258 e. The van der Waals surface area contributed by atoms with Crippen LogP contribution < -0.4 is 5.32 Å². The first kappa shape index (κ1) is 14.4. The fraction of sp³-hybridized carbons (Fsp3) is 0.176. The summed E-state index contributed by atoms with van der Waals surface area (Å²) in [6.45, 7) is 0. The van der Waals surface area contributed by atoms with Crippen LogP contribution in [0.1, 0.15) is 34.2 Å². The van der Waals surface area contributed by atoms with Gasteiger partial charge in [-0.1, -0.05) is 12.1 Å². The number of thiophene rings is 2. The minimum Gasteiger partial charge on any atom is -0.305 e. The van der Waals surface area contributed by atoms with Gasteiger partial charge in [0.25, 0.3) is 5.91 Å². The van der Waals surface area contributed by atoms with Crippen LogP contribution in [-0.4, -0.2) is 16.1 Å². The maximum atomic E-state index is 12.7. The molecule has 1 saturated carbocycles. The van der Waals surface area contributed by atoms with Gasteiger partial charge in [0.1, 0.15) is 0 Å². The van der Waals surface area contributed by atoms with Crippen molar-refractivity contribution in [2.75, 3.05) is 5.32 Å². The van der Waals surface area contributed by atoms with Crippen molar-refractivity contribution in [2.45, 2.75) is 18.8 Å².